The first-order valence-electron chi connectivity index (χ1n) is 7.27. The number of fused-ring (bicyclic) bond motifs is 1. The molecule has 1 saturated carbocycles. The number of phenols is 1. The second-order valence-corrected chi connectivity index (χ2v) is 5.64. The van der Waals surface area contributed by atoms with E-state index in [-0.39, 0.29) is 17.4 Å². The molecule has 114 valence electrons. The molecule has 1 fully saturated rings. The lowest BCUT2D eigenvalue weighted by Crippen LogP contribution is -2.44. The summed E-state index contributed by atoms with van der Waals surface area (Å²) in [4.78, 5) is 25.4. The first-order valence-corrected chi connectivity index (χ1v) is 7.27. The molecule has 1 unspecified atom stereocenters. The molecule has 1 aliphatic rings. The highest BCUT2D eigenvalue weighted by Crippen LogP contribution is 2.34. The largest absolute Gasteiger partial charge is 0.506 e. The summed E-state index contributed by atoms with van der Waals surface area (Å²) >= 11 is 0. The summed E-state index contributed by atoms with van der Waals surface area (Å²) in [5, 5.41) is 21.0. The van der Waals surface area contributed by atoms with E-state index in [0.717, 1.165) is 18.2 Å². The van der Waals surface area contributed by atoms with Gasteiger partial charge in [-0.2, -0.15) is 0 Å². The van der Waals surface area contributed by atoms with Gasteiger partial charge < -0.3 is 15.1 Å². The minimum Gasteiger partial charge on any atom is -0.506 e. The predicted molar refractivity (Wildman–Crippen MR) is 81.9 cm³/mol. The van der Waals surface area contributed by atoms with Gasteiger partial charge in [0.15, 0.2) is 0 Å². The minimum absolute atomic E-state index is 0.0514. The third-order valence-electron chi connectivity index (χ3n) is 4.08. The molecular formula is C17H17NO4. The molecule has 0 saturated heterocycles. The standard InChI is InChI=1S/C17H17NO4/c1-10(17(21)22)18(12-7-8-12)16(20)14-9-6-11-4-2-3-5-13(11)15(14)19/h2-6,9-10,12,19H,7-8H2,1H3,(H,21,22). The number of carbonyl (C=O) groups is 2. The monoisotopic (exact) mass is 299 g/mol. The van der Waals surface area contributed by atoms with E-state index >= 15 is 0 Å². The second kappa shape index (κ2) is 5.33. The fourth-order valence-corrected chi connectivity index (χ4v) is 2.70. The van der Waals surface area contributed by atoms with Crippen molar-refractivity contribution >= 4 is 22.6 Å². The van der Waals surface area contributed by atoms with Gasteiger partial charge in [-0.15, -0.1) is 0 Å². The van der Waals surface area contributed by atoms with Crippen molar-refractivity contribution in [3.05, 3.63) is 42.0 Å². The molecule has 5 heteroatoms. The summed E-state index contributed by atoms with van der Waals surface area (Å²) in [7, 11) is 0. The Kier molecular flexibility index (Phi) is 3.48. The number of carboxylic acid groups (broad SMARTS) is 1. The highest BCUT2D eigenvalue weighted by atomic mass is 16.4. The molecule has 0 aromatic heterocycles. The molecule has 5 nitrogen and oxygen atoms in total. The number of carbonyl (C=O) groups excluding carboxylic acids is 1. The van der Waals surface area contributed by atoms with Gasteiger partial charge >= 0.3 is 5.97 Å². The van der Waals surface area contributed by atoms with Gasteiger partial charge in [0.05, 0.1) is 5.56 Å². The van der Waals surface area contributed by atoms with Crippen LogP contribution in [-0.2, 0) is 4.79 Å². The van der Waals surface area contributed by atoms with Crippen molar-refractivity contribution < 1.29 is 19.8 Å². The lowest BCUT2D eigenvalue weighted by molar-refractivity contribution is -0.141. The number of amides is 1. The van der Waals surface area contributed by atoms with Gasteiger partial charge in [-0.05, 0) is 31.2 Å². The van der Waals surface area contributed by atoms with Gasteiger partial charge in [-0.3, -0.25) is 4.79 Å². The van der Waals surface area contributed by atoms with Crippen LogP contribution in [0.3, 0.4) is 0 Å². The maximum atomic E-state index is 12.7. The molecule has 0 radical (unpaired) electrons. The molecule has 1 aliphatic carbocycles. The third-order valence-corrected chi connectivity index (χ3v) is 4.08. The van der Waals surface area contributed by atoms with Crippen molar-refractivity contribution in [1.82, 2.24) is 4.90 Å². The molecule has 0 aliphatic heterocycles. The van der Waals surface area contributed by atoms with E-state index in [2.05, 4.69) is 0 Å². The first-order chi connectivity index (χ1) is 10.5. The SMILES string of the molecule is CC(C(=O)O)N(C(=O)c1ccc2ccccc2c1O)C1CC1. The number of carboxylic acids is 1. The van der Waals surface area contributed by atoms with Crippen molar-refractivity contribution in [2.75, 3.05) is 0 Å². The van der Waals surface area contributed by atoms with Crippen LogP contribution in [0.5, 0.6) is 5.75 Å². The smallest absolute Gasteiger partial charge is 0.326 e. The average Bonchev–Trinajstić information content (AvgIpc) is 3.32. The lowest BCUT2D eigenvalue weighted by Gasteiger charge is -2.27. The fraction of sp³-hybridized carbons (Fsp3) is 0.294. The Morgan fingerprint density at radius 1 is 1.18 bits per heavy atom. The molecule has 0 bridgehead atoms. The summed E-state index contributed by atoms with van der Waals surface area (Å²) < 4.78 is 0. The van der Waals surface area contributed by atoms with E-state index in [1.807, 2.05) is 12.1 Å². The van der Waals surface area contributed by atoms with E-state index in [9.17, 15) is 19.8 Å². The second-order valence-electron chi connectivity index (χ2n) is 5.64. The topological polar surface area (TPSA) is 77.8 Å². The summed E-state index contributed by atoms with van der Waals surface area (Å²) in [6.45, 7) is 1.50. The van der Waals surface area contributed by atoms with Crippen LogP contribution in [0.2, 0.25) is 0 Å². The maximum Gasteiger partial charge on any atom is 0.326 e. The van der Waals surface area contributed by atoms with Crippen LogP contribution in [0.1, 0.15) is 30.1 Å². The average molecular weight is 299 g/mol. The van der Waals surface area contributed by atoms with E-state index in [1.165, 1.54) is 11.8 Å². The zero-order valence-electron chi connectivity index (χ0n) is 12.2. The Labute approximate surface area is 127 Å². The molecule has 3 rings (SSSR count). The Hall–Kier alpha value is -2.56. The summed E-state index contributed by atoms with van der Waals surface area (Å²) in [6.07, 6.45) is 1.61. The van der Waals surface area contributed by atoms with Gasteiger partial charge in [0.2, 0.25) is 0 Å². The fourth-order valence-electron chi connectivity index (χ4n) is 2.70. The van der Waals surface area contributed by atoms with Crippen LogP contribution in [0.15, 0.2) is 36.4 Å². The van der Waals surface area contributed by atoms with E-state index < -0.39 is 17.9 Å². The maximum absolute atomic E-state index is 12.7. The van der Waals surface area contributed by atoms with Crippen LogP contribution in [0, 0.1) is 0 Å². The summed E-state index contributed by atoms with van der Waals surface area (Å²) in [5.41, 5.74) is 0.152. The molecular weight excluding hydrogens is 282 g/mol. The Balaban J connectivity index is 2.03. The highest BCUT2D eigenvalue weighted by Gasteiger charge is 2.39. The van der Waals surface area contributed by atoms with E-state index in [1.54, 1.807) is 24.3 Å². The minimum atomic E-state index is -1.04. The molecule has 0 heterocycles. The normalized spacial score (nSPS) is 15.5. The Morgan fingerprint density at radius 2 is 1.86 bits per heavy atom. The molecule has 22 heavy (non-hydrogen) atoms. The molecule has 0 spiro atoms. The number of hydrogen-bond acceptors (Lipinski definition) is 3. The van der Waals surface area contributed by atoms with Crippen molar-refractivity contribution in [2.45, 2.75) is 31.8 Å². The predicted octanol–water partition coefficient (Wildman–Crippen LogP) is 2.62. The molecule has 2 aromatic rings. The number of aliphatic carboxylic acids is 1. The van der Waals surface area contributed by atoms with Gasteiger partial charge in [-0.1, -0.05) is 30.3 Å². The number of rotatable bonds is 4. The molecule has 1 amide bonds. The summed E-state index contributed by atoms with van der Waals surface area (Å²) in [5.74, 6) is -1.56. The van der Waals surface area contributed by atoms with Crippen LogP contribution in [-0.4, -0.2) is 39.1 Å². The quantitative estimate of drug-likeness (QED) is 0.909. The van der Waals surface area contributed by atoms with Crippen LogP contribution in [0.25, 0.3) is 10.8 Å². The van der Waals surface area contributed by atoms with Gasteiger partial charge in [-0.25, -0.2) is 4.79 Å². The van der Waals surface area contributed by atoms with Crippen LogP contribution in [0.4, 0.5) is 0 Å². The Bertz CT molecular complexity index is 751. The van der Waals surface area contributed by atoms with E-state index in [0.29, 0.717) is 5.39 Å². The zero-order chi connectivity index (χ0) is 15.9. The van der Waals surface area contributed by atoms with Crippen molar-refractivity contribution in [3.8, 4) is 5.75 Å². The molecule has 2 aromatic carbocycles. The van der Waals surface area contributed by atoms with Crippen LogP contribution < -0.4 is 0 Å². The van der Waals surface area contributed by atoms with Gasteiger partial charge in [0.1, 0.15) is 11.8 Å². The summed E-state index contributed by atoms with van der Waals surface area (Å²) in [6, 6.07) is 9.59. The third kappa shape index (κ3) is 2.39. The lowest BCUT2D eigenvalue weighted by atomic mass is 10.0. The molecule has 2 N–H and O–H groups in total. The van der Waals surface area contributed by atoms with Crippen molar-refractivity contribution in [3.63, 3.8) is 0 Å². The number of phenolic OH excluding ortho intramolecular Hbond substituents is 1. The number of benzene rings is 2. The van der Waals surface area contributed by atoms with Crippen molar-refractivity contribution in [2.24, 2.45) is 0 Å². The first kappa shape index (κ1) is 14.4. The number of hydrogen-bond donors (Lipinski definition) is 2. The number of nitrogens with zero attached hydrogens (tertiary/aromatic N) is 1. The van der Waals surface area contributed by atoms with Gasteiger partial charge in [0.25, 0.3) is 5.91 Å². The van der Waals surface area contributed by atoms with Crippen molar-refractivity contribution in [1.29, 1.82) is 0 Å². The van der Waals surface area contributed by atoms with Crippen LogP contribution >= 0.6 is 0 Å². The molecule has 1 atom stereocenters. The highest BCUT2D eigenvalue weighted by molar-refractivity contribution is 6.04. The van der Waals surface area contributed by atoms with Gasteiger partial charge in [0, 0.05) is 11.4 Å². The Morgan fingerprint density at radius 3 is 2.50 bits per heavy atom. The van der Waals surface area contributed by atoms with E-state index in [4.69, 9.17) is 0 Å². The zero-order valence-corrected chi connectivity index (χ0v) is 12.2. The number of aromatic hydroxyl groups is 1.